The van der Waals surface area contributed by atoms with E-state index in [2.05, 4.69) is 26.1 Å². The molecule has 5 aliphatic rings. The van der Waals surface area contributed by atoms with Crippen LogP contribution in [0.2, 0.25) is 0 Å². The van der Waals surface area contributed by atoms with Gasteiger partial charge < -0.3 is 19.3 Å². The van der Waals surface area contributed by atoms with E-state index < -0.39 is 23.4 Å². The number of carbonyl (C=O) groups excluding carboxylic acids is 2. The van der Waals surface area contributed by atoms with E-state index in [-0.39, 0.29) is 54.2 Å². The second-order valence-corrected chi connectivity index (χ2v) is 11.4. The summed E-state index contributed by atoms with van der Waals surface area (Å²) in [4.78, 5) is 25.9. The molecular formula is C27H39NO6. The number of rotatable bonds is 7. The Hall–Kier alpha value is -1.38. The van der Waals surface area contributed by atoms with Gasteiger partial charge in [0, 0.05) is 16.7 Å². The molecule has 1 saturated heterocycles. The summed E-state index contributed by atoms with van der Waals surface area (Å²) in [5.41, 5.74) is -0.863. The number of carbonyl (C=O) groups is 2. The zero-order chi connectivity index (χ0) is 24.3. The third-order valence-electron chi connectivity index (χ3n) is 9.71. The molecule has 7 heteroatoms. The van der Waals surface area contributed by atoms with E-state index in [9.17, 15) is 14.7 Å². The number of hydrogen-bond acceptors (Lipinski definition) is 7. The fraction of sp³-hybridized carbons (Fsp3) is 0.778. The number of Topliss-reactive ketones (excluding diaryl/α,β-unsaturated/α-hetero) is 1. The van der Waals surface area contributed by atoms with Crippen LogP contribution in [0.25, 0.3) is 0 Å². The number of allylic oxidation sites excluding steroid dienone is 4. The van der Waals surface area contributed by atoms with Crippen molar-refractivity contribution in [1.29, 1.82) is 0 Å². The van der Waals surface area contributed by atoms with E-state index >= 15 is 0 Å². The molecular weight excluding hydrogens is 434 g/mol. The van der Waals surface area contributed by atoms with Gasteiger partial charge in [0.1, 0.15) is 6.61 Å². The van der Waals surface area contributed by atoms with E-state index in [0.29, 0.717) is 6.42 Å². The van der Waals surface area contributed by atoms with Gasteiger partial charge in [-0.15, -0.1) is 0 Å². The van der Waals surface area contributed by atoms with E-state index in [4.69, 9.17) is 14.2 Å². The predicted octanol–water partition coefficient (Wildman–Crippen LogP) is 2.92. The van der Waals surface area contributed by atoms with Crippen molar-refractivity contribution < 1.29 is 28.9 Å². The molecule has 3 saturated carbocycles. The molecule has 5 rings (SSSR count). The summed E-state index contributed by atoms with van der Waals surface area (Å²) in [6.07, 6.45) is 8.71. The van der Waals surface area contributed by atoms with Crippen LogP contribution < -0.4 is 5.32 Å². The predicted molar refractivity (Wildman–Crippen MR) is 126 cm³/mol. The maximum absolute atomic E-state index is 13.8. The largest absolute Gasteiger partial charge is 0.393 e. The van der Waals surface area contributed by atoms with Crippen molar-refractivity contribution in [3.63, 3.8) is 0 Å². The molecule has 9 atom stereocenters. The first-order valence-electron chi connectivity index (χ1n) is 12.9. The van der Waals surface area contributed by atoms with E-state index in [1.165, 1.54) is 0 Å². The highest BCUT2D eigenvalue weighted by atomic mass is 16.7. The summed E-state index contributed by atoms with van der Waals surface area (Å²) < 4.78 is 18.6. The molecule has 0 aromatic rings. The van der Waals surface area contributed by atoms with Crippen molar-refractivity contribution in [1.82, 2.24) is 5.32 Å². The second kappa shape index (κ2) is 8.63. The number of nitrogens with one attached hydrogen (secondary N) is 1. The zero-order valence-electron chi connectivity index (χ0n) is 20.8. The molecule has 0 aromatic heterocycles. The number of fused-ring (bicyclic) bond motifs is 7. The highest BCUT2D eigenvalue weighted by Crippen LogP contribution is 2.69. The van der Waals surface area contributed by atoms with Crippen molar-refractivity contribution in [2.45, 2.75) is 83.4 Å². The van der Waals surface area contributed by atoms with Crippen molar-refractivity contribution in [3.05, 3.63) is 23.8 Å². The van der Waals surface area contributed by atoms with Gasteiger partial charge in [-0.05, 0) is 63.1 Å². The average Bonchev–Trinajstić information content (AvgIpc) is 3.26. The molecule has 34 heavy (non-hydrogen) atoms. The first-order chi connectivity index (χ1) is 16.2. The van der Waals surface area contributed by atoms with Crippen LogP contribution in [0.4, 0.5) is 0 Å². The third-order valence-corrected chi connectivity index (χ3v) is 9.71. The van der Waals surface area contributed by atoms with Gasteiger partial charge >= 0.3 is 0 Å². The lowest BCUT2D eigenvalue weighted by atomic mass is 9.46. The summed E-state index contributed by atoms with van der Waals surface area (Å²) in [5.74, 6) is 0.372. The first-order valence-corrected chi connectivity index (χ1v) is 12.9. The number of ether oxygens (including phenoxy) is 3. The molecule has 0 spiro atoms. The first kappa shape index (κ1) is 24.3. The number of aliphatic hydroxyl groups is 1. The maximum Gasteiger partial charge on any atom is 0.193 e. The Balaban J connectivity index is 1.51. The van der Waals surface area contributed by atoms with Gasteiger partial charge in [-0.1, -0.05) is 38.8 Å². The van der Waals surface area contributed by atoms with Crippen molar-refractivity contribution in [2.24, 2.45) is 28.6 Å². The van der Waals surface area contributed by atoms with Crippen molar-refractivity contribution in [2.75, 3.05) is 20.4 Å². The van der Waals surface area contributed by atoms with Crippen LogP contribution in [0.1, 0.15) is 59.3 Å². The van der Waals surface area contributed by atoms with Crippen LogP contribution in [0.3, 0.4) is 0 Å². The van der Waals surface area contributed by atoms with Crippen LogP contribution in [-0.4, -0.2) is 61.2 Å². The molecule has 0 radical (unpaired) electrons. The lowest BCUT2D eigenvalue weighted by Crippen LogP contribution is -2.63. The smallest absolute Gasteiger partial charge is 0.193 e. The molecule has 0 amide bonds. The normalized spacial score (nSPS) is 47.0. The lowest BCUT2D eigenvalue weighted by molar-refractivity contribution is -0.201. The fourth-order valence-electron chi connectivity index (χ4n) is 8.36. The lowest BCUT2D eigenvalue weighted by Gasteiger charge is -2.59. The third kappa shape index (κ3) is 3.27. The van der Waals surface area contributed by atoms with Crippen LogP contribution in [0.15, 0.2) is 23.8 Å². The Morgan fingerprint density at radius 2 is 2.15 bits per heavy atom. The summed E-state index contributed by atoms with van der Waals surface area (Å²) in [5, 5.41) is 14.6. The van der Waals surface area contributed by atoms with E-state index in [1.54, 1.807) is 19.2 Å². The molecule has 1 aliphatic heterocycles. The molecule has 0 bridgehead atoms. The molecule has 4 aliphatic carbocycles. The Morgan fingerprint density at radius 1 is 1.35 bits per heavy atom. The van der Waals surface area contributed by atoms with Crippen LogP contribution in [0.5, 0.6) is 0 Å². The maximum atomic E-state index is 13.8. The average molecular weight is 474 g/mol. The van der Waals surface area contributed by atoms with Crippen LogP contribution in [-0.2, 0) is 23.8 Å². The van der Waals surface area contributed by atoms with Crippen molar-refractivity contribution in [3.8, 4) is 0 Å². The number of hydrogen-bond donors (Lipinski definition) is 2. The van der Waals surface area contributed by atoms with Gasteiger partial charge in [-0.3, -0.25) is 14.9 Å². The number of aliphatic hydroxyl groups excluding tert-OH is 1. The zero-order valence-corrected chi connectivity index (χ0v) is 20.8. The molecule has 7 nitrogen and oxygen atoms in total. The Bertz CT molecular complexity index is 915. The SMILES string of the molecule is CCCC1OC2CC3C4CCC5=CC(=O)C=CC5(C)[C@H]4C(O)CC3(C)C2(C(=O)COCNC)O1. The summed E-state index contributed by atoms with van der Waals surface area (Å²) in [6, 6.07) is 0. The topological polar surface area (TPSA) is 94.1 Å². The highest BCUT2D eigenvalue weighted by Gasteiger charge is 2.75. The van der Waals surface area contributed by atoms with Gasteiger partial charge in [0.2, 0.25) is 0 Å². The summed E-state index contributed by atoms with van der Waals surface area (Å²) >= 11 is 0. The van der Waals surface area contributed by atoms with E-state index in [0.717, 1.165) is 37.7 Å². The summed E-state index contributed by atoms with van der Waals surface area (Å²) in [7, 11) is 1.78. The summed E-state index contributed by atoms with van der Waals surface area (Å²) in [6.45, 7) is 6.63. The van der Waals surface area contributed by atoms with Crippen molar-refractivity contribution >= 4 is 11.6 Å². The van der Waals surface area contributed by atoms with Gasteiger partial charge in [-0.2, -0.15) is 0 Å². The van der Waals surface area contributed by atoms with Crippen LogP contribution in [0, 0.1) is 28.6 Å². The quantitative estimate of drug-likeness (QED) is 0.434. The Labute approximate surface area is 202 Å². The van der Waals surface area contributed by atoms with Gasteiger partial charge in [-0.25, -0.2) is 0 Å². The minimum atomic E-state index is -1.10. The number of ketones is 2. The molecule has 4 fully saturated rings. The van der Waals surface area contributed by atoms with Gasteiger partial charge in [0.05, 0.1) is 18.9 Å². The molecule has 8 unspecified atom stereocenters. The molecule has 2 N–H and O–H groups in total. The van der Waals surface area contributed by atoms with Crippen LogP contribution >= 0.6 is 0 Å². The second-order valence-electron chi connectivity index (χ2n) is 11.4. The monoisotopic (exact) mass is 473 g/mol. The molecule has 188 valence electrons. The van der Waals surface area contributed by atoms with Gasteiger partial charge in [0.15, 0.2) is 23.5 Å². The minimum Gasteiger partial charge on any atom is -0.393 e. The Kier molecular flexibility index (Phi) is 6.17. The Morgan fingerprint density at radius 3 is 2.88 bits per heavy atom. The molecule has 0 aromatic carbocycles. The van der Waals surface area contributed by atoms with Gasteiger partial charge in [0.25, 0.3) is 0 Å². The fourth-order valence-corrected chi connectivity index (χ4v) is 8.36. The minimum absolute atomic E-state index is 0.00730. The van der Waals surface area contributed by atoms with E-state index in [1.807, 2.05) is 6.08 Å². The standard InChI is InChI=1S/C27H39NO6/c1-5-6-23-33-22-12-19-18-8-7-16-11-17(29)9-10-25(16,2)24(18)20(30)13-26(19,3)27(22,34-23)21(31)14-32-15-28-4/h9-11,18-20,22-24,28,30H,5-8,12-15H2,1-4H3/t18?,19?,20?,22?,23?,24-,25?,26?,27?/m1/s1. The molecule has 1 heterocycles. The highest BCUT2D eigenvalue weighted by molar-refractivity contribution is 6.01.